The van der Waals surface area contributed by atoms with E-state index in [1.165, 1.54) is 7.11 Å². The van der Waals surface area contributed by atoms with Crippen molar-refractivity contribution in [3.63, 3.8) is 0 Å². The van der Waals surface area contributed by atoms with Gasteiger partial charge in [0, 0.05) is 37.5 Å². The zero-order chi connectivity index (χ0) is 18.3. The van der Waals surface area contributed by atoms with E-state index in [0.717, 1.165) is 12.8 Å². The average Bonchev–Trinajstić information content (AvgIpc) is 3.28. The monoisotopic (exact) mass is 359 g/mol. The molecule has 1 aromatic heterocycles. The highest BCUT2D eigenvalue weighted by molar-refractivity contribution is 5.94. The molecule has 0 spiro atoms. The molecule has 1 aliphatic heterocycles. The summed E-state index contributed by atoms with van der Waals surface area (Å²) in [5.74, 6) is 0.765. The molecule has 138 valence electrons. The van der Waals surface area contributed by atoms with E-state index >= 15 is 0 Å². The van der Waals surface area contributed by atoms with Crippen molar-refractivity contribution in [2.45, 2.75) is 25.3 Å². The van der Waals surface area contributed by atoms with Crippen LogP contribution in [0.4, 0.5) is 10.5 Å². The number of H-pyrrole nitrogens is 2. The lowest BCUT2D eigenvalue weighted by molar-refractivity contribution is -0.128. The Kier molecular flexibility index (Phi) is 4.06. The molecule has 0 bridgehead atoms. The van der Waals surface area contributed by atoms with Crippen molar-refractivity contribution in [2.75, 3.05) is 25.5 Å². The zero-order valence-corrected chi connectivity index (χ0v) is 14.4. The van der Waals surface area contributed by atoms with Crippen LogP contribution in [0.1, 0.15) is 19.3 Å². The summed E-state index contributed by atoms with van der Waals surface area (Å²) in [6.45, 7) is 1.15. The van der Waals surface area contributed by atoms with Crippen molar-refractivity contribution in [3.8, 4) is 5.75 Å². The van der Waals surface area contributed by atoms with Gasteiger partial charge in [0.15, 0.2) is 0 Å². The normalized spacial score (nSPS) is 19.8. The molecule has 1 saturated heterocycles. The number of nitrogens with zero attached hydrogens (tertiary/aromatic N) is 1. The molecular formula is C17H21N5O4. The molecule has 9 heteroatoms. The number of hydrogen-bond donors (Lipinski definition) is 4. The summed E-state index contributed by atoms with van der Waals surface area (Å²) in [5, 5.41) is 5.55. The Morgan fingerprint density at radius 2 is 2.00 bits per heavy atom. The first kappa shape index (κ1) is 16.5. The van der Waals surface area contributed by atoms with E-state index in [4.69, 9.17) is 4.74 Å². The van der Waals surface area contributed by atoms with E-state index in [9.17, 15) is 14.4 Å². The minimum atomic E-state index is -0.377. The molecule has 1 atom stereocenters. The summed E-state index contributed by atoms with van der Waals surface area (Å²) >= 11 is 0. The van der Waals surface area contributed by atoms with Crippen molar-refractivity contribution >= 4 is 28.7 Å². The Labute approximate surface area is 149 Å². The van der Waals surface area contributed by atoms with E-state index in [1.54, 1.807) is 12.1 Å². The summed E-state index contributed by atoms with van der Waals surface area (Å²) in [4.78, 5) is 42.8. The Balaban J connectivity index is 1.38. The van der Waals surface area contributed by atoms with Gasteiger partial charge < -0.3 is 30.2 Å². The molecule has 0 radical (unpaired) electrons. The van der Waals surface area contributed by atoms with Crippen LogP contribution in [0.25, 0.3) is 11.0 Å². The number of methoxy groups -OCH3 is 1. The largest absolute Gasteiger partial charge is 0.494 e. The second kappa shape index (κ2) is 6.40. The number of likely N-dealkylation sites (tertiary alicyclic amines) is 1. The highest BCUT2D eigenvalue weighted by Gasteiger charge is 2.39. The van der Waals surface area contributed by atoms with Gasteiger partial charge in [0.1, 0.15) is 5.75 Å². The summed E-state index contributed by atoms with van der Waals surface area (Å²) in [6.07, 6.45) is 2.67. The summed E-state index contributed by atoms with van der Waals surface area (Å²) in [5.41, 5.74) is 1.31. The number of aromatic amines is 2. The standard InChI is InChI=1S/C17H21N5O4/c1-26-14-6-12-11(19-17(25)20-12)5-13(14)21-16(24)18-7-9-4-15(23)22(8-9)10-2-3-10/h5-6,9-10H,2-4,7-8H2,1H3,(H2,18,21,24)(H2,19,20,25). The van der Waals surface area contributed by atoms with Crippen molar-refractivity contribution in [1.82, 2.24) is 20.2 Å². The first-order chi connectivity index (χ1) is 12.5. The number of carbonyl (C=O) groups is 2. The summed E-state index contributed by atoms with van der Waals surface area (Å²) < 4.78 is 5.27. The van der Waals surface area contributed by atoms with Crippen LogP contribution in [0, 0.1) is 5.92 Å². The average molecular weight is 359 g/mol. The molecule has 26 heavy (non-hydrogen) atoms. The Morgan fingerprint density at radius 1 is 1.27 bits per heavy atom. The molecule has 4 N–H and O–H groups in total. The number of urea groups is 1. The number of rotatable bonds is 5. The fraction of sp³-hybridized carbons (Fsp3) is 0.471. The van der Waals surface area contributed by atoms with Crippen LogP contribution in [0.2, 0.25) is 0 Å². The van der Waals surface area contributed by atoms with Crippen LogP contribution >= 0.6 is 0 Å². The molecule has 1 saturated carbocycles. The van der Waals surface area contributed by atoms with Crippen LogP contribution in [-0.4, -0.2) is 53.0 Å². The van der Waals surface area contributed by atoms with Gasteiger partial charge in [-0.3, -0.25) is 4.79 Å². The lowest BCUT2D eigenvalue weighted by atomic mass is 10.1. The lowest BCUT2D eigenvalue weighted by Crippen LogP contribution is -2.34. The molecule has 2 aromatic rings. The lowest BCUT2D eigenvalue weighted by Gasteiger charge is -2.16. The SMILES string of the molecule is COc1cc2[nH]c(=O)[nH]c2cc1NC(=O)NCC1CC(=O)N(C2CC2)C1. The van der Waals surface area contributed by atoms with E-state index in [2.05, 4.69) is 20.6 Å². The van der Waals surface area contributed by atoms with Gasteiger partial charge in [-0.15, -0.1) is 0 Å². The Morgan fingerprint density at radius 3 is 2.69 bits per heavy atom. The summed E-state index contributed by atoms with van der Waals surface area (Å²) in [6, 6.07) is 3.32. The number of imidazole rings is 1. The van der Waals surface area contributed by atoms with Gasteiger partial charge >= 0.3 is 11.7 Å². The van der Waals surface area contributed by atoms with Gasteiger partial charge in [-0.05, 0) is 18.9 Å². The Bertz CT molecular complexity index is 914. The first-order valence-corrected chi connectivity index (χ1v) is 8.68. The van der Waals surface area contributed by atoms with Gasteiger partial charge in [0.25, 0.3) is 0 Å². The van der Waals surface area contributed by atoms with Crippen molar-refractivity contribution in [3.05, 3.63) is 22.6 Å². The van der Waals surface area contributed by atoms with Gasteiger partial charge in [0.05, 0.1) is 23.8 Å². The highest BCUT2D eigenvalue weighted by atomic mass is 16.5. The number of carbonyl (C=O) groups excluding carboxylic acids is 2. The number of amides is 3. The third kappa shape index (κ3) is 3.24. The van der Waals surface area contributed by atoms with Crippen molar-refractivity contribution < 1.29 is 14.3 Å². The van der Waals surface area contributed by atoms with Gasteiger partial charge in [-0.25, -0.2) is 9.59 Å². The maximum absolute atomic E-state index is 12.2. The molecule has 2 heterocycles. The highest BCUT2D eigenvalue weighted by Crippen LogP contribution is 2.32. The molecule has 3 amide bonds. The summed E-state index contributed by atoms with van der Waals surface area (Å²) in [7, 11) is 1.49. The van der Waals surface area contributed by atoms with E-state index < -0.39 is 0 Å². The number of nitrogens with one attached hydrogen (secondary N) is 4. The molecule has 2 fully saturated rings. The van der Waals surface area contributed by atoms with E-state index in [-0.39, 0.29) is 23.5 Å². The number of anilines is 1. The third-order valence-corrected chi connectivity index (χ3v) is 4.86. The number of fused-ring (bicyclic) bond motifs is 1. The molecule has 1 aliphatic carbocycles. The van der Waals surface area contributed by atoms with Crippen molar-refractivity contribution in [1.29, 1.82) is 0 Å². The smallest absolute Gasteiger partial charge is 0.323 e. The van der Waals surface area contributed by atoms with Crippen LogP contribution in [0.3, 0.4) is 0 Å². The number of aromatic nitrogens is 2. The molecule has 4 rings (SSSR count). The maximum Gasteiger partial charge on any atom is 0.323 e. The van der Waals surface area contributed by atoms with Gasteiger partial charge in [-0.2, -0.15) is 0 Å². The fourth-order valence-corrected chi connectivity index (χ4v) is 3.42. The van der Waals surface area contributed by atoms with E-state index in [1.807, 2.05) is 4.90 Å². The van der Waals surface area contributed by atoms with E-state index in [0.29, 0.717) is 48.0 Å². The zero-order valence-electron chi connectivity index (χ0n) is 14.4. The second-order valence-corrected chi connectivity index (χ2v) is 6.86. The minimum Gasteiger partial charge on any atom is -0.494 e. The molecule has 1 aromatic carbocycles. The predicted molar refractivity (Wildman–Crippen MR) is 95.3 cm³/mol. The number of hydrogen-bond acceptors (Lipinski definition) is 4. The van der Waals surface area contributed by atoms with Crippen molar-refractivity contribution in [2.24, 2.45) is 5.92 Å². The second-order valence-electron chi connectivity index (χ2n) is 6.86. The third-order valence-electron chi connectivity index (χ3n) is 4.86. The molecule has 9 nitrogen and oxygen atoms in total. The van der Waals surface area contributed by atoms with Crippen LogP contribution in [-0.2, 0) is 4.79 Å². The van der Waals surface area contributed by atoms with Crippen LogP contribution in [0.5, 0.6) is 5.75 Å². The first-order valence-electron chi connectivity index (χ1n) is 8.68. The number of ether oxygens (including phenoxy) is 1. The van der Waals surface area contributed by atoms with Gasteiger partial charge in [0.2, 0.25) is 5.91 Å². The van der Waals surface area contributed by atoms with Crippen LogP contribution in [0.15, 0.2) is 16.9 Å². The molecule has 2 aliphatic rings. The topological polar surface area (TPSA) is 119 Å². The predicted octanol–water partition coefficient (Wildman–Crippen LogP) is 0.997. The minimum absolute atomic E-state index is 0.138. The quantitative estimate of drug-likeness (QED) is 0.636. The maximum atomic E-state index is 12.2. The fourth-order valence-electron chi connectivity index (χ4n) is 3.42. The molecular weight excluding hydrogens is 338 g/mol. The molecule has 1 unspecified atom stereocenters. The number of benzene rings is 1. The Hall–Kier alpha value is -2.97. The van der Waals surface area contributed by atoms with Crippen LogP contribution < -0.4 is 21.1 Å². The van der Waals surface area contributed by atoms with Gasteiger partial charge in [-0.1, -0.05) is 0 Å².